The van der Waals surface area contributed by atoms with Crippen molar-refractivity contribution in [3.8, 4) is 11.5 Å². The van der Waals surface area contributed by atoms with Crippen molar-refractivity contribution in [2.45, 2.75) is 25.9 Å². The largest absolute Gasteiger partial charge is 0.493 e. The molecule has 6 nitrogen and oxygen atoms in total. The average molecular weight is 361 g/mol. The highest BCUT2D eigenvalue weighted by molar-refractivity contribution is 9.10. The van der Waals surface area contributed by atoms with Crippen molar-refractivity contribution < 1.29 is 19.4 Å². The first kappa shape index (κ1) is 17.7. The van der Waals surface area contributed by atoms with Crippen molar-refractivity contribution >= 4 is 21.8 Å². The molecule has 0 heterocycles. The molecule has 0 saturated carbocycles. The second-order valence-electron chi connectivity index (χ2n) is 4.53. The normalized spacial score (nSPS) is 12.0. The standard InChI is InChI=1S/C14H21BrN2O4/c1-3-10(7-18)17-6-9-4-11(15)14(12(5-9)20-2)21-8-13(16)19/h4-5,10,17-18H,3,6-8H2,1-2H3,(H2,16,19)/t10-/m1/s1. The zero-order valence-corrected chi connectivity index (χ0v) is 13.8. The van der Waals surface area contributed by atoms with Crippen molar-refractivity contribution in [1.82, 2.24) is 5.32 Å². The van der Waals surface area contributed by atoms with E-state index < -0.39 is 5.91 Å². The summed E-state index contributed by atoms with van der Waals surface area (Å²) < 4.78 is 11.3. The van der Waals surface area contributed by atoms with Gasteiger partial charge in [0.15, 0.2) is 18.1 Å². The molecule has 0 unspecified atom stereocenters. The number of aliphatic hydroxyl groups is 1. The number of hydrogen-bond donors (Lipinski definition) is 3. The average Bonchev–Trinajstić information content (AvgIpc) is 2.46. The van der Waals surface area contributed by atoms with Gasteiger partial charge in [0.25, 0.3) is 5.91 Å². The van der Waals surface area contributed by atoms with Gasteiger partial charge in [-0.15, -0.1) is 0 Å². The van der Waals surface area contributed by atoms with E-state index in [0.717, 1.165) is 12.0 Å². The number of carbonyl (C=O) groups excluding carboxylic acids is 1. The quantitative estimate of drug-likeness (QED) is 0.614. The molecule has 0 aromatic heterocycles. The van der Waals surface area contributed by atoms with E-state index in [0.29, 0.717) is 22.5 Å². The number of ether oxygens (including phenoxy) is 2. The molecule has 0 spiro atoms. The highest BCUT2D eigenvalue weighted by atomic mass is 79.9. The molecule has 118 valence electrons. The summed E-state index contributed by atoms with van der Waals surface area (Å²) in [6.07, 6.45) is 0.842. The van der Waals surface area contributed by atoms with Crippen LogP contribution in [0.4, 0.5) is 0 Å². The molecule has 0 radical (unpaired) electrons. The van der Waals surface area contributed by atoms with Gasteiger partial charge in [-0.3, -0.25) is 4.79 Å². The molecule has 4 N–H and O–H groups in total. The van der Waals surface area contributed by atoms with Gasteiger partial charge >= 0.3 is 0 Å². The van der Waals surface area contributed by atoms with Gasteiger partial charge < -0.3 is 25.6 Å². The van der Waals surface area contributed by atoms with Crippen molar-refractivity contribution in [3.63, 3.8) is 0 Å². The molecule has 0 aliphatic carbocycles. The smallest absolute Gasteiger partial charge is 0.255 e. The zero-order chi connectivity index (χ0) is 15.8. The van der Waals surface area contributed by atoms with Crippen LogP contribution in [0, 0.1) is 0 Å². The molecule has 1 amide bonds. The van der Waals surface area contributed by atoms with E-state index >= 15 is 0 Å². The van der Waals surface area contributed by atoms with Crippen molar-refractivity contribution in [2.75, 3.05) is 20.3 Å². The second-order valence-corrected chi connectivity index (χ2v) is 5.39. The van der Waals surface area contributed by atoms with Crippen molar-refractivity contribution in [1.29, 1.82) is 0 Å². The topological polar surface area (TPSA) is 93.8 Å². The predicted molar refractivity (Wildman–Crippen MR) is 83.4 cm³/mol. The van der Waals surface area contributed by atoms with Gasteiger partial charge in [0.05, 0.1) is 18.2 Å². The minimum absolute atomic E-state index is 0.0561. The van der Waals surface area contributed by atoms with E-state index in [-0.39, 0.29) is 19.3 Å². The monoisotopic (exact) mass is 360 g/mol. The number of benzene rings is 1. The minimum Gasteiger partial charge on any atom is -0.493 e. The second kappa shape index (κ2) is 8.86. The number of amides is 1. The maximum atomic E-state index is 10.8. The van der Waals surface area contributed by atoms with E-state index in [1.54, 1.807) is 0 Å². The SMILES string of the molecule is CC[C@H](CO)NCc1cc(Br)c(OCC(N)=O)c(OC)c1. The Kier molecular flexibility index (Phi) is 7.49. The first-order valence-corrected chi connectivity index (χ1v) is 7.42. The Morgan fingerprint density at radius 3 is 2.76 bits per heavy atom. The number of halogens is 1. The number of aliphatic hydroxyl groups excluding tert-OH is 1. The van der Waals surface area contributed by atoms with Crippen LogP contribution in [0.3, 0.4) is 0 Å². The maximum absolute atomic E-state index is 10.8. The van der Waals surface area contributed by atoms with Crippen molar-refractivity contribution in [3.05, 3.63) is 22.2 Å². The number of rotatable bonds is 9. The Morgan fingerprint density at radius 1 is 1.52 bits per heavy atom. The van der Waals surface area contributed by atoms with Crippen LogP contribution in [0.5, 0.6) is 11.5 Å². The van der Waals surface area contributed by atoms with E-state index in [2.05, 4.69) is 21.2 Å². The number of hydrogen-bond acceptors (Lipinski definition) is 5. The van der Waals surface area contributed by atoms with Gasteiger partial charge in [0.2, 0.25) is 0 Å². The molecule has 1 aromatic rings. The van der Waals surface area contributed by atoms with Gasteiger partial charge in [0, 0.05) is 12.6 Å². The Hall–Kier alpha value is -1.31. The van der Waals surface area contributed by atoms with Crippen LogP contribution in [-0.4, -0.2) is 37.4 Å². The van der Waals surface area contributed by atoms with Crippen LogP contribution in [0.15, 0.2) is 16.6 Å². The molecule has 0 fully saturated rings. The van der Waals surface area contributed by atoms with Gasteiger partial charge in [0.1, 0.15) is 0 Å². The Morgan fingerprint density at radius 2 is 2.24 bits per heavy atom. The lowest BCUT2D eigenvalue weighted by atomic mass is 10.1. The highest BCUT2D eigenvalue weighted by Crippen LogP contribution is 2.36. The molecule has 0 saturated heterocycles. The number of nitrogens with two attached hydrogens (primary N) is 1. The summed E-state index contributed by atoms with van der Waals surface area (Å²) in [6.45, 7) is 2.47. The summed E-state index contributed by atoms with van der Waals surface area (Å²) in [4.78, 5) is 10.8. The van der Waals surface area contributed by atoms with Gasteiger partial charge in [-0.2, -0.15) is 0 Å². The molecule has 21 heavy (non-hydrogen) atoms. The van der Waals surface area contributed by atoms with E-state index in [9.17, 15) is 4.79 Å². The van der Waals surface area contributed by atoms with E-state index in [1.807, 2.05) is 19.1 Å². The van der Waals surface area contributed by atoms with Crippen LogP contribution in [0.25, 0.3) is 0 Å². The minimum atomic E-state index is -0.552. The fourth-order valence-electron chi connectivity index (χ4n) is 1.76. The summed E-state index contributed by atoms with van der Waals surface area (Å²) in [5, 5.41) is 12.4. The molecule has 0 aliphatic heterocycles. The fourth-order valence-corrected chi connectivity index (χ4v) is 2.36. The molecule has 0 aliphatic rings. The van der Waals surface area contributed by atoms with Gasteiger partial charge in [-0.25, -0.2) is 0 Å². The van der Waals surface area contributed by atoms with Gasteiger partial charge in [-0.1, -0.05) is 6.92 Å². The number of carbonyl (C=O) groups is 1. The molecule has 7 heteroatoms. The summed E-state index contributed by atoms with van der Waals surface area (Å²) in [6, 6.07) is 3.74. The van der Waals surface area contributed by atoms with Crippen LogP contribution in [0.1, 0.15) is 18.9 Å². The van der Waals surface area contributed by atoms with Gasteiger partial charge in [-0.05, 0) is 40.0 Å². The molecular formula is C14H21BrN2O4. The summed E-state index contributed by atoms with van der Waals surface area (Å²) in [5.41, 5.74) is 6.04. The number of nitrogens with one attached hydrogen (secondary N) is 1. The molecule has 0 bridgehead atoms. The Bertz CT molecular complexity index is 478. The lowest BCUT2D eigenvalue weighted by molar-refractivity contribution is -0.119. The Balaban J connectivity index is 2.84. The highest BCUT2D eigenvalue weighted by Gasteiger charge is 2.13. The molecule has 1 rings (SSSR count). The predicted octanol–water partition coefficient (Wildman–Crippen LogP) is 1.18. The van der Waals surface area contributed by atoms with Crippen LogP contribution >= 0.6 is 15.9 Å². The summed E-state index contributed by atoms with van der Waals surface area (Å²) >= 11 is 3.40. The zero-order valence-electron chi connectivity index (χ0n) is 12.2. The third kappa shape index (κ3) is 5.53. The number of primary amides is 1. The Labute approximate surface area is 132 Å². The van der Waals surface area contributed by atoms with Crippen LogP contribution in [-0.2, 0) is 11.3 Å². The van der Waals surface area contributed by atoms with Crippen molar-refractivity contribution in [2.24, 2.45) is 5.73 Å². The first-order chi connectivity index (χ1) is 10.0. The molecule has 1 aromatic carbocycles. The lowest BCUT2D eigenvalue weighted by Crippen LogP contribution is -2.31. The van der Waals surface area contributed by atoms with Crippen LogP contribution in [0.2, 0.25) is 0 Å². The van der Waals surface area contributed by atoms with E-state index in [4.69, 9.17) is 20.3 Å². The maximum Gasteiger partial charge on any atom is 0.255 e. The fraction of sp³-hybridized carbons (Fsp3) is 0.500. The van der Waals surface area contributed by atoms with Crippen LogP contribution < -0.4 is 20.5 Å². The summed E-state index contributed by atoms with van der Waals surface area (Å²) in [5.74, 6) is 0.400. The molecular weight excluding hydrogens is 340 g/mol. The first-order valence-electron chi connectivity index (χ1n) is 6.63. The van der Waals surface area contributed by atoms with E-state index in [1.165, 1.54) is 7.11 Å². The lowest BCUT2D eigenvalue weighted by Gasteiger charge is -2.16. The number of methoxy groups -OCH3 is 1. The third-order valence-electron chi connectivity index (χ3n) is 2.96. The third-order valence-corrected chi connectivity index (χ3v) is 3.55. The molecule has 1 atom stereocenters. The summed E-state index contributed by atoms with van der Waals surface area (Å²) in [7, 11) is 1.53.